The molecule has 0 bridgehead atoms. The average Bonchev–Trinajstić information content (AvgIpc) is 3.06. The van der Waals surface area contributed by atoms with Crippen molar-refractivity contribution in [3.05, 3.63) is 80.8 Å². The van der Waals surface area contributed by atoms with Crippen molar-refractivity contribution in [3.8, 4) is 11.8 Å². The van der Waals surface area contributed by atoms with Gasteiger partial charge in [-0.1, -0.05) is 48.0 Å². The molecule has 0 radical (unpaired) electrons. The minimum Gasteiger partial charge on any atom is -0.487 e. The summed E-state index contributed by atoms with van der Waals surface area (Å²) in [7, 11) is 0. The molecule has 3 aromatic rings. The molecule has 3 nitrogen and oxygen atoms in total. The van der Waals surface area contributed by atoms with Crippen LogP contribution in [0.5, 0.6) is 5.75 Å². The third-order valence-electron chi connectivity index (χ3n) is 3.47. The largest absolute Gasteiger partial charge is 0.487 e. The van der Waals surface area contributed by atoms with E-state index in [1.807, 2.05) is 54.8 Å². The predicted octanol–water partition coefficient (Wildman–Crippen LogP) is 5.75. The highest BCUT2D eigenvalue weighted by molar-refractivity contribution is 7.11. The molecule has 0 aliphatic rings. The van der Waals surface area contributed by atoms with E-state index in [9.17, 15) is 5.26 Å². The Morgan fingerprint density at radius 1 is 1.28 bits per heavy atom. The minimum absolute atomic E-state index is 0.456. The fraction of sp³-hybridized carbons (Fsp3) is 0.100. The van der Waals surface area contributed by atoms with Gasteiger partial charge in [0.2, 0.25) is 0 Å². The Morgan fingerprint density at radius 3 is 2.72 bits per heavy atom. The van der Waals surface area contributed by atoms with E-state index in [2.05, 4.69) is 11.1 Å². The number of benzene rings is 2. The van der Waals surface area contributed by atoms with Crippen LogP contribution in [-0.2, 0) is 6.61 Å². The van der Waals surface area contributed by atoms with Crippen LogP contribution < -0.4 is 4.74 Å². The summed E-state index contributed by atoms with van der Waals surface area (Å²) in [6.07, 6.45) is 1.78. The lowest BCUT2D eigenvalue weighted by Crippen LogP contribution is -1.95. The van der Waals surface area contributed by atoms with Crippen LogP contribution >= 0.6 is 22.9 Å². The van der Waals surface area contributed by atoms with Crippen LogP contribution in [-0.4, -0.2) is 4.98 Å². The monoisotopic (exact) mass is 366 g/mol. The van der Waals surface area contributed by atoms with Crippen molar-refractivity contribution in [2.45, 2.75) is 13.5 Å². The summed E-state index contributed by atoms with van der Waals surface area (Å²) in [6, 6.07) is 17.6. The third kappa shape index (κ3) is 4.48. The Bertz CT molecular complexity index is 942. The second-order valence-electron chi connectivity index (χ2n) is 5.43. The molecule has 0 atom stereocenters. The molecule has 124 valence electrons. The lowest BCUT2D eigenvalue weighted by Gasteiger charge is -2.09. The van der Waals surface area contributed by atoms with E-state index in [4.69, 9.17) is 16.3 Å². The standard InChI is InChI=1S/C20H15ClN2OS/c1-14-13-25-20(23-14)17(11-22)9-16-7-8-19(18(21)10-16)24-12-15-5-3-2-4-6-15/h2-10,13H,12H2,1H3/b17-9-. The third-order valence-corrected chi connectivity index (χ3v) is 4.76. The zero-order valence-corrected chi connectivity index (χ0v) is 15.1. The molecule has 0 spiro atoms. The Balaban J connectivity index is 1.77. The molecule has 0 fully saturated rings. The lowest BCUT2D eigenvalue weighted by molar-refractivity contribution is 0.306. The first-order valence-electron chi connectivity index (χ1n) is 7.66. The van der Waals surface area contributed by atoms with E-state index < -0.39 is 0 Å². The maximum absolute atomic E-state index is 9.37. The number of aryl methyl sites for hydroxylation is 1. The molecular formula is C20H15ClN2OS. The van der Waals surface area contributed by atoms with Gasteiger partial charge in [0.25, 0.3) is 0 Å². The molecule has 0 saturated heterocycles. The van der Waals surface area contributed by atoms with Crippen molar-refractivity contribution in [1.29, 1.82) is 5.26 Å². The summed E-state index contributed by atoms with van der Waals surface area (Å²) in [4.78, 5) is 4.35. The van der Waals surface area contributed by atoms with E-state index in [1.165, 1.54) is 11.3 Å². The molecule has 0 aliphatic heterocycles. The summed E-state index contributed by atoms with van der Waals surface area (Å²) < 4.78 is 5.77. The summed E-state index contributed by atoms with van der Waals surface area (Å²) in [6.45, 7) is 2.36. The molecule has 5 heteroatoms. The highest BCUT2D eigenvalue weighted by Gasteiger charge is 2.08. The van der Waals surface area contributed by atoms with Gasteiger partial charge in [0.1, 0.15) is 23.4 Å². The lowest BCUT2D eigenvalue weighted by atomic mass is 10.1. The molecule has 0 unspecified atom stereocenters. The summed E-state index contributed by atoms with van der Waals surface area (Å²) in [5, 5.41) is 12.5. The van der Waals surface area contributed by atoms with Gasteiger partial charge in [-0.2, -0.15) is 5.26 Å². The van der Waals surface area contributed by atoms with Crippen LogP contribution in [0.1, 0.15) is 21.8 Å². The molecule has 3 rings (SSSR count). The average molecular weight is 367 g/mol. The van der Waals surface area contributed by atoms with Crippen molar-refractivity contribution in [1.82, 2.24) is 4.98 Å². The van der Waals surface area contributed by atoms with Crippen molar-refractivity contribution < 1.29 is 4.74 Å². The molecular weight excluding hydrogens is 352 g/mol. The first-order chi connectivity index (χ1) is 12.2. The molecule has 1 aromatic heterocycles. The van der Waals surface area contributed by atoms with Crippen LogP contribution in [0.4, 0.5) is 0 Å². The zero-order valence-electron chi connectivity index (χ0n) is 13.6. The van der Waals surface area contributed by atoms with E-state index in [0.717, 1.165) is 16.8 Å². The number of allylic oxidation sites excluding steroid dienone is 1. The van der Waals surface area contributed by atoms with Crippen LogP contribution in [0.2, 0.25) is 5.02 Å². The first kappa shape index (κ1) is 17.2. The van der Waals surface area contributed by atoms with E-state index in [0.29, 0.717) is 28.0 Å². The van der Waals surface area contributed by atoms with Gasteiger partial charge in [-0.3, -0.25) is 0 Å². The second-order valence-corrected chi connectivity index (χ2v) is 6.69. The smallest absolute Gasteiger partial charge is 0.138 e. The van der Waals surface area contributed by atoms with Gasteiger partial charge in [-0.05, 0) is 36.3 Å². The maximum Gasteiger partial charge on any atom is 0.138 e. The van der Waals surface area contributed by atoms with Crippen molar-refractivity contribution >= 4 is 34.6 Å². The SMILES string of the molecule is Cc1csc(/C(C#N)=C\c2ccc(OCc3ccccc3)c(Cl)c2)n1. The number of thiazole rings is 1. The van der Waals surface area contributed by atoms with Crippen LogP contribution in [0, 0.1) is 18.3 Å². The van der Waals surface area contributed by atoms with Gasteiger partial charge in [-0.15, -0.1) is 11.3 Å². The Labute approximate surface area is 155 Å². The number of halogens is 1. The zero-order chi connectivity index (χ0) is 17.6. The molecule has 25 heavy (non-hydrogen) atoms. The van der Waals surface area contributed by atoms with Crippen LogP contribution in [0.15, 0.2) is 53.9 Å². The Morgan fingerprint density at radius 2 is 2.08 bits per heavy atom. The number of hydrogen-bond acceptors (Lipinski definition) is 4. The summed E-state index contributed by atoms with van der Waals surface area (Å²) >= 11 is 7.78. The minimum atomic E-state index is 0.456. The van der Waals surface area contributed by atoms with Gasteiger partial charge in [0, 0.05) is 11.1 Å². The van der Waals surface area contributed by atoms with E-state index in [1.54, 1.807) is 12.1 Å². The number of rotatable bonds is 5. The molecule has 0 saturated carbocycles. The van der Waals surface area contributed by atoms with Gasteiger partial charge in [0.05, 0.1) is 10.6 Å². The van der Waals surface area contributed by atoms with Gasteiger partial charge < -0.3 is 4.74 Å². The van der Waals surface area contributed by atoms with Crippen molar-refractivity contribution in [3.63, 3.8) is 0 Å². The van der Waals surface area contributed by atoms with Crippen molar-refractivity contribution in [2.24, 2.45) is 0 Å². The Hall–Kier alpha value is -2.61. The second kappa shape index (κ2) is 7.98. The fourth-order valence-electron chi connectivity index (χ4n) is 2.25. The number of hydrogen-bond donors (Lipinski definition) is 0. The van der Waals surface area contributed by atoms with E-state index in [-0.39, 0.29) is 0 Å². The Kier molecular flexibility index (Phi) is 5.49. The first-order valence-corrected chi connectivity index (χ1v) is 8.92. The molecule has 0 aliphatic carbocycles. The van der Waals surface area contributed by atoms with Crippen LogP contribution in [0.3, 0.4) is 0 Å². The van der Waals surface area contributed by atoms with Crippen LogP contribution in [0.25, 0.3) is 11.6 Å². The number of nitriles is 1. The number of ether oxygens (including phenoxy) is 1. The quantitative estimate of drug-likeness (QED) is 0.540. The normalized spacial score (nSPS) is 11.2. The topological polar surface area (TPSA) is 45.9 Å². The fourth-order valence-corrected chi connectivity index (χ4v) is 3.25. The van der Waals surface area contributed by atoms with Gasteiger partial charge in [0.15, 0.2) is 0 Å². The molecule has 2 aromatic carbocycles. The van der Waals surface area contributed by atoms with Gasteiger partial charge >= 0.3 is 0 Å². The highest BCUT2D eigenvalue weighted by atomic mass is 35.5. The number of aromatic nitrogens is 1. The number of nitrogens with zero attached hydrogens (tertiary/aromatic N) is 2. The summed E-state index contributed by atoms with van der Waals surface area (Å²) in [5.41, 5.74) is 3.34. The molecule has 1 heterocycles. The predicted molar refractivity (Wildman–Crippen MR) is 103 cm³/mol. The maximum atomic E-state index is 9.37. The summed E-state index contributed by atoms with van der Waals surface area (Å²) in [5.74, 6) is 0.617. The van der Waals surface area contributed by atoms with Gasteiger partial charge in [-0.25, -0.2) is 4.98 Å². The molecule has 0 amide bonds. The molecule has 0 N–H and O–H groups in total. The van der Waals surface area contributed by atoms with Crippen molar-refractivity contribution in [2.75, 3.05) is 0 Å². The van der Waals surface area contributed by atoms with E-state index >= 15 is 0 Å². The highest BCUT2D eigenvalue weighted by Crippen LogP contribution is 2.28.